The zero-order chi connectivity index (χ0) is 11.0. The van der Waals surface area contributed by atoms with Gasteiger partial charge in [0.15, 0.2) is 0 Å². The van der Waals surface area contributed by atoms with Gasteiger partial charge >= 0.3 is 0 Å². The van der Waals surface area contributed by atoms with Crippen molar-refractivity contribution in [2.45, 2.75) is 66.2 Å². The van der Waals surface area contributed by atoms with Crippen molar-refractivity contribution in [2.24, 2.45) is 0 Å². The van der Waals surface area contributed by atoms with Crippen LogP contribution in [0.3, 0.4) is 0 Å². The Labute approximate surface area is 90.1 Å². The molecule has 0 aliphatic carbocycles. The minimum Gasteiger partial charge on any atom is -0.0956 e. The maximum atomic E-state index is 4.16. The quantitative estimate of drug-likeness (QED) is 0.485. The van der Waals surface area contributed by atoms with Crippen LogP contribution in [-0.2, 0) is 0 Å². The summed E-state index contributed by atoms with van der Waals surface area (Å²) in [5.74, 6) is 0. The third-order valence-electron chi connectivity index (χ3n) is 2.77. The van der Waals surface area contributed by atoms with Crippen LogP contribution in [0, 0.1) is 0 Å². The lowest BCUT2D eigenvalue weighted by atomic mass is 9.93. The van der Waals surface area contributed by atoms with Crippen LogP contribution in [0.5, 0.6) is 0 Å². The van der Waals surface area contributed by atoms with E-state index < -0.39 is 0 Å². The number of hydrogen-bond acceptors (Lipinski definition) is 0. The SMILES string of the molecule is C=C(CC)/C(CCC)=C(\C)CCCC. The smallest absolute Gasteiger partial charge is 0.0280 e. The summed E-state index contributed by atoms with van der Waals surface area (Å²) in [6.07, 6.45) is 7.40. The predicted molar refractivity (Wildman–Crippen MR) is 66.6 cm³/mol. The fraction of sp³-hybridized carbons (Fsp3) is 0.714. The second-order valence-corrected chi connectivity index (χ2v) is 4.07. The molecule has 0 heterocycles. The predicted octanol–water partition coefficient (Wildman–Crippen LogP) is 5.26. The molecular formula is C14H26. The minimum absolute atomic E-state index is 1.10. The van der Waals surface area contributed by atoms with Gasteiger partial charge in [0.1, 0.15) is 0 Å². The summed E-state index contributed by atoms with van der Waals surface area (Å²) in [6, 6.07) is 0. The molecule has 0 aromatic rings. The van der Waals surface area contributed by atoms with Crippen LogP contribution < -0.4 is 0 Å². The van der Waals surface area contributed by atoms with Crippen LogP contribution in [0.1, 0.15) is 66.2 Å². The van der Waals surface area contributed by atoms with Crippen molar-refractivity contribution in [1.29, 1.82) is 0 Å². The standard InChI is InChI=1S/C14H26/c1-6-9-11-13(5)14(10-7-2)12(4)8-3/h4,6-11H2,1-3,5H3/b14-13+. The molecular weight excluding hydrogens is 168 g/mol. The van der Waals surface area contributed by atoms with Gasteiger partial charge in [-0.25, -0.2) is 0 Å². The first-order chi connectivity index (χ1) is 6.67. The molecule has 0 amide bonds. The van der Waals surface area contributed by atoms with Crippen LogP contribution in [-0.4, -0.2) is 0 Å². The van der Waals surface area contributed by atoms with Crippen molar-refractivity contribution in [1.82, 2.24) is 0 Å². The van der Waals surface area contributed by atoms with E-state index in [9.17, 15) is 0 Å². The Morgan fingerprint density at radius 3 is 2.07 bits per heavy atom. The van der Waals surface area contributed by atoms with Crippen LogP contribution >= 0.6 is 0 Å². The van der Waals surface area contributed by atoms with Crippen molar-refractivity contribution in [3.05, 3.63) is 23.3 Å². The van der Waals surface area contributed by atoms with E-state index in [1.54, 1.807) is 11.1 Å². The van der Waals surface area contributed by atoms with Crippen LogP contribution in [0.15, 0.2) is 23.3 Å². The summed E-state index contributed by atoms with van der Waals surface area (Å²) in [4.78, 5) is 0. The number of allylic oxidation sites excluding steroid dienone is 3. The highest BCUT2D eigenvalue weighted by Crippen LogP contribution is 2.24. The molecule has 14 heavy (non-hydrogen) atoms. The zero-order valence-corrected chi connectivity index (χ0v) is 10.4. The van der Waals surface area contributed by atoms with Gasteiger partial charge in [0.2, 0.25) is 0 Å². The number of rotatable bonds is 7. The summed E-state index contributed by atoms with van der Waals surface area (Å²) in [5, 5.41) is 0. The Bertz CT molecular complexity index is 196. The van der Waals surface area contributed by atoms with Gasteiger partial charge in [-0.05, 0) is 38.2 Å². The van der Waals surface area contributed by atoms with E-state index in [4.69, 9.17) is 0 Å². The summed E-state index contributed by atoms with van der Waals surface area (Å²) < 4.78 is 0. The third-order valence-corrected chi connectivity index (χ3v) is 2.77. The molecule has 0 spiro atoms. The Morgan fingerprint density at radius 2 is 1.64 bits per heavy atom. The molecule has 0 atom stereocenters. The van der Waals surface area contributed by atoms with E-state index >= 15 is 0 Å². The zero-order valence-electron chi connectivity index (χ0n) is 10.4. The van der Waals surface area contributed by atoms with Gasteiger partial charge in [0.05, 0.1) is 0 Å². The monoisotopic (exact) mass is 194 g/mol. The van der Waals surface area contributed by atoms with Gasteiger partial charge in [-0.2, -0.15) is 0 Å². The summed E-state index contributed by atoms with van der Waals surface area (Å²) in [5.41, 5.74) is 4.46. The summed E-state index contributed by atoms with van der Waals surface area (Å²) in [6.45, 7) is 13.1. The number of unbranched alkanes of at least 4 members (excludes halogenated alkanes) is 1. The van der Waals surface area contributed by atoms with Crippen molar-refractivity contribution >= 4 is 0 Å². The second kappa shape index (κ2) is 7.84. The molecule has 0 aliphatic heterocycles. The molecule has 0 bridgehead atoms. The molecule has 0 unspecified atom stereocenters. The molecule has 0 nitrogen and oxygen atoms in total. The van der Waals surface area contributed by atoms with E-state index in [1.807, 2.05) is 0 Å². The van der Waals surface area contributed by atoms with Crippen molar-refractivity contribution in [3.8, 4) is 0 Å². The highest BCUT2D eigenvalue weighted by atomic mass is 14.1. The van der Waals surface area contributed by atoms with Crippen molar-refractivity contribution in [2.75, 3.05) is 0 Å². The first kappa shape index (κ1) is 13.5. The average molecular weight is 194 g/mol. The number of hydrogen-bond donors (Lipinski definition) is 0. The largest absolute Gasteiger partial charge is 0.0956 e. The highest BCUT2D eigenvalue weighted by molar-refractivity contribution is 5.32. The van der Waals surface area contributed by atoms with E-state index in [1.165, 1.54) is 37.7 Å². The fourth-order valence-electron chi connectivity index (χ4n) is 1.75. The molecule has 0 saturated carbocycles. The average Bonchev–Trinajstić information content (AvgIpc) is 2.21. The Morgan fingerprint density at radius 1 is 1.00 bits per heavy atom. The molecule has 0 aliphatic rings. The molecule has 0 rings (SSSR count). The molecule has 82 valence electrons. The Balaban J connectivity index is 4.48. The Kier molecular flexibility index (Phi) is 7.55. The van der Waals surface area contributed by atoms with E-state index in [0.29, 0.717) is 0 Å². The van der Waals surface area contributed by atoms with Crippen molar-refractivity contribution in [3.63, 3.8) is 0 Å². The van der Waals surface area contributed by atoms with Gasteiger partial charge in [-0.1, -0.05) is 51.3 Å². The first-order valence-electron chi connectivity index (χ1n) is 6.04. The maximum Gasteiger partial charge on any atom is -0.0280 e. The lowest BCUT2D eigenvalue weighted by Gasteiger charge is -2.13. The van der Waals surface area contributed by atoms with Gasteiger partial charge in [0.25, 0.3) is 0 Å². The molecule has 0 fully saturated rings. The van der Waals surface area contributed by atoms with Gasteiger partial charge in [0, 0.05) is 0 Å². The van der Waals surface area contributed by atoms with E-state index in [-0.39, 0.29) is 0 Å². The molecule has 0 saturated heterocycles. The molecule has 0 heteroatoms. The highest BCUT2D eigenvalue weighted by Gasteiger charge is 2.04. The van der Waals surface area contributed by atoms with Crippen molar-refractivity contribution < 1.29 is 0 Å². The summed E-state index contributed by atoms with van der Waals surface area (Å²) in [7, 11) is 0. The minimum atomic E-state index is 1.10. The second-order valence-electron chi connectivity index (χ2n) is 4.07. The molecule has 0 radical (unpaired) electrons. The van der Waals surface area contributed by atoms with Crippen LogP contribution in [0.2, 0.25) is 0 Å². The van der Waals surface area contributed by atoms with Crippen LogP contribution in [0.4, 0.5) is 0 Å². The lowest BCUT2D eigenvalue weighted by Crippen LogP contribution is -1.93. The molecule has 0 aromatic carbocycles. The maximum absolute atomic E-state index is 4.16. The van der Waals surface area contributed by atoms with Gasteiger partial charge in [-0.15, -0.1) is 0 Å². The lowest BCUT2D eigenvalue weighted by molar-refractivity contribution is 0.767. The van der Waals surface area contributed by atoms with Gasteiger partial charge < -0.3 is 0 Å². The Hall–Kier alpha value is -0.520. The van der Waals surface area contributed by atoms with E-state index in [2.05, 4.69) is 34.3 Å². The van der Waals surface area contributed by atoms with Crippen LogP contribution in [0.25, 0.3) is 0 Å². The molecule has 0 aromatic heterocycles. The van der Waals surface area contributed by atoms with Gasteiger partial charge in [-0.3, -0.25) is 0 Å². The normalized spacial score (nSPS) is 12.6. The molecule has 0 N–H and O–H groups in total. The van der Waals surface area contributed by atoms with E-state index in [0.717, 1.165) is 6.42 Å². The summed E-state index contributed by atoms with van der Waals surface area (Å²) >= 11 is 0. The topological polar surface area (TPSA) is 0 Å². The fourth-order valence-corrected chi connectivity index (χ4v) is 1.75. The first-order valence-corrected chi connectivity index (χ1v) is 6.04. The third kappa shape index (κ3) is 4.64.